The van der Waals surface area contributed by atoms with E-state index in [0.29, 0.717) is 11.4 Å². The highest BCUT2D eigenvalue weighted by molar-refractivity contribution is 5.70. The zero-order valence-electron chi connectivity index (χ0n) is 13.5. The standard InChI is InChI=1S/C19H16N4O2/c1-13-18(24)16(22-20-14-8-4-2-5-9-14)12-17(19(13)25)23-21-15-10-6-3-7-11-15/h2-12,24-25H,1H3/b22-20+,23-21+. The predicted molar refractivity (Wildman–Crippen MR) is 95.7 cm³/mol. The second-order valence-electron chi connectivity index (χ2n) is 5.31. The summed E-state index contributed by atoms with van der Waals surface area (Å²) >= 11 is 0. The van der Waals surface area contributed by atoms with Gasteiger partial charge in [-0.2, -0.15) is 10.2 Å². The predicted octanol–water partition coefficient (Wildman–Crippen LogP) is 6.24. The smallest absolute Gasteiger partial charge is 0.149 e. The molecule has 0 aliphatic rings. The van der Waals surface area contributed by atoms with Crippen LogP contribution in [0.2, 0.25) is 0 Å². The van der Waals surface area contributed by atoms with Crippen LogP contribution in [0.4, 0.5) is 22.7 Å². The molecule has 0 spiro atoms. The maximum absolute atomic E-state index is 10.2. The minimum absolute atomic E-state index is 0.143. The minimum Gasteiger partial charge on any atom is -0.505 e. The maximum Gasteiger partial charge on any atom is 0.149 e. The molecule has 6 nitrogen and oxygen atoms in total. The molecule has 0 aromatic heterocycles. The third kappa shape index (κ3) is 3.87. The van der Waals surface area contributed by atoms with Crippen molar-refractivity contribution in [1.29, 1.82) is 0 Å². The van der Waals surface area contributed by atoms with E-state index in [-0.39, 0.29) is 28.4 Å². The fourth-order valence-electron chi connectivity index (χ4n) is 2.13. The molecule has 124 valence electrons. The first-order valence-corrected chi connectivity index (χ1v) is 7.64. The van der Waals surface area contributed by atoms with Gasteiger partial charge in [-0.1, -0.05) is 36.4 Å². The Bertz CT molecular complexity index is 849. The maximum atomic E-state index is 10.2. The number of phenolic OH excluding ortho intramolecular Hbond substituents is 2. The largest absolute Gasteiger partial charge is 0.505 e. The van der Waals surface area contributed by atoms with E-state index in [9.17, 15) is 10.2 Å². The third-order valence-electron chi connectivity index (χ3n) is 3.53. The molecule has 3 aromatic rings. The summed E-state index contributed by atoms with van der Waals surface area (Å²) in [6.45, 7) is 1.58. The molecule has 0 heterocycles. The minimum atomic E-state index is -0.143. The van der Waals surface area contributed by atoms with E-state index in [2.05, 4.69) is 20.5 Å². The van der Waals surface area contributed by atoms with E-state index in [4.69, 9.17) is 0 Å². The lowest BCUT2D eigenvalue weighted by Gasteiger charge is -2.07. The molecule has 0 saturated heterocycles. The van der Waals surface area contributed by atoms with Crippen molar-refractivity contribution in [2.75, 3.05) is 0 Å². The van der Waals surface area contributed by atoms with Gasteiger partial charge in [0.25, 0.3) is 0 Å². The Kier molecular flexibility index (Phi) is 4.80. The number of azo groups is 2. The van der Waals surface area contributed by atoms with Crippen LogP contribution in [0, 0.1) is 6.92 Å². The first-order valence-electron chi connectivity index (χ1n) is 7.64. The average molecular weight is 332 g/mol. The van der Waals surface area contributed by atoms with Crippen molar-refractivity contribution in [2.45, 2.75) is 6.92 Å². The van der Waals surface area contributed by atoms with Gasteiger partial charge in [0.15, 0.2) is 0 Å². The molecule has 0 unspecified atom stereocenters. The number of hydrogen-bond acceptors (Lipinski definition) is 6. The molecule has 0 amide bonds. The van der Waals surface area contributed by atoms with E-state index in [0.717, 1.165) is 0 Å². The molecule has 0 atom stereocenters. The van der Waals surface area contributed by atoms with Crippen molar-refractivity contribution in [3.63, 3.8) is 0 Å². The Morgan fingerprint density at radius 3 is 1.40 bits per heavy atom. The Balaban J connectivity index is 1.96. The van der Waals surface area contributed by atoms with Crippen LogP contribution in [0.3, 0.4) is 0 Å². The van der Waals surface area contributed by atoms with Crippen LogP contribution < -0.4 is 0 Å². The van der Waals surface area contributed by atoms with Crippen LogP contribution in [0.5, 0.6) is 11.5 Å². The first-order chi connectivity index (χ1) is 12.1. The summed E-state index contributed by atoms with van der Waals surface area (Å²) < 4.78 is 0. The quantitative estimate of drug-likeness (QED) is 0.554. The van der Waals surface area contributed by atoms with Crippen molar-refractivity contribution in [3.05, 3.63) is 72.3 Å². The summed E-state index contributed by atoms with van der Waals surface area (Å²) in [5.41, 5.74) is 1.99. The van der Waals surface area contributed by atoms with E-state index in [1.807, 2.05) is 36.4 Å². The van der Waals surface area contributed by atoms with Crippen molar-refractivity contribution >= 4 is 22.7 Å². The van der Waals surface area contributed by atoms with Crippen molar-refractivity contribution in [2.24, 2.45) is 20.5 Å². The molecule has 0 radical (unpaired) electrons. The normalized spacial score (nSPS) is 11.4. The van der Waals surface area contributed by atoms with Crippen LogP contribution in [-0.4, -0.2) is 10.2 Å². The van der Waals surface area contributed by atoms with Crippen molar-refractivity contribution in [1.82, 2.24) is 0 Å². The number of phenols is 2. The fourth-order valence-corrected chi connectivity index (χ4v) is 2.13. The summed E-state index contributed by atoms with van der Waals surface area (Å²) in [4.78, 5) is 0. The summed E-state index contributed by atoms with van der Waals surface area (Å²) in [5, 5.41) is 36.6. The van der Waals surface area contributed by atoms with Gasteiger partial charge in [0.05, 0.1) is 11.4 Å². The van der Waals surface area contributed by atoms with Gasteiger partial charge >= 0.3 is 0 Å². The summed E-state index contributed by atoms with van der Waals surface area (Å²) in [6.07, 6.45) is 0. The average Bonchev–Trinajstić information content (AvgIpc) is 2.66. The van der Waals surface area contributed by atoms with Crippen LogP contribution in [0.15, 0.2) is 87.2 Å². The lowest BCUT2D eigenvalue weighted by Crippen LogP contribution is -1.79. The van der Waals surface area contributed by atoms with E-state index in [1.54, 1.807) is 31.2 Å². The van der Waals surface area contributed by atoms with Gasteiger partial charge in [0.2, 0.25) is 0 Å². The molecule has 2 N–H and O–H groups in total. The summed E-state index contributed by atoms with van der Waals surface area (Å²) in [6, 6.07) is 19.8. The number of nitrogens with zero attached hydrogens (tertiary/aromatic N) is 4. The highest BCUT2D eigenvalue weighted by Crippen LogP contribution is 2.43. The highest BCUT2D eigenvalue weighted by Gasteiger charge is 2.14. The van der Waals surface area contributed by atoms with Crippen molar-refractivity contribution in [3.8, 4) is 11.5 Å². The zero-order chi connectivity index (χ0) is 17.6. The molecule has 0 saturated carbocycles. The summed E-state index contributed by atoms with van der Waals surface area (Å²) in [7, 11) is 0. The Labute approximate surface area is 144 Å². The monoisotopic (exact) mass is 332 g/mol. The molecular formula is C19H16N4O2. The SMILES string of the molecule is Cc1c(O)c(/N=N/c2ccccc2)cc(/N=N/c2ccccc2)c1O. The third-order valence-corrected chi connectivity index (χ3v) is 3.53. The molecule has 0 aliphatic carbocycles. The number of rotatable bonds is 4. The van der Waals surface area contributed by atoms with Crippen LogP contribution in [-0.2, 0) is 0 Å². The Morgan fingerprint density at radius 1 is 0.600 bits per heavy atom. The van der Waals surface area contributed by atoms with Crippen LogP contribution >= 0.6 is 0 Å². The number of benzene rings is 3. The van der Waals surface area contributed by atoms with Gasteiger partial charge < -0.3 is 10.2 Å². The van der Waals surface area contributed by atoms with E-state index in [1.165, 1.54) is 6.07 Å². The Morgan fingerprint density at radius 2 is 1.00 bits per heavy atom. The van der Waals surface area contributed by atoms with Gasteiger partial charge in [0.1, 0.15) is 22.9 Å². The topological polar surface area (TPSA) is 89.9 Å². The van der Waals surface area contributed by atoms with Gasteiger partial charge in [-0.25, -0.2) is 0 Å². The number of hydrogen-bond donors (Lipinski definition) is 2. The lowest BCUT2D eigenvalue weighted by atomic mass is 10.1. The highest BCUT2D eigenvalue weighted by atomic mass is 16.3. The van der Waals surface area contributed by atoms with Crippen LogP contribution in [0.25, 0.3) is 0 Å². The first kappa shape index (κ1) is 16.3. The second kappa shape index (κ2) is 7.35. The number of aromatic hydroxyl groups is 2. The van der Waals surface area contributed by atoms with E-state index >= 15 is 0 Å². The lowest BCUT2D eigenvalue weighted by molar-refractivity contribution is 0.445. The van der Waals surface area contributed by atoms with Crippen LogP contribution in [0.1, 0.15) is 5.56 Å². The van der Waals surface area contributed by atoms with Gasteiger partial charge in [-0.3, -0.25) is 0 Å². The summed E-state index contributed by atoms with van der Waals surface area (Å²) in [5.74, 6) is -0.285. The second-order valence-corrected chi connectivity index (χ2v) is 5.31. The molecule has 25 heavy (non-hydrogen) atoms. The molecule has 3 aromatic carbocycles. The fraction of sp³-hybridized carbons (Fsp3) is 0.0526. The van der Waals surface area contributed by atoms with Gasteiger partial charge in [-0.15, -0.1) is 10.2 Å². The zero-order valence-corrected chi connectivity index (χ0v) is 13.5. The Hall–Kier alpha value is -3.54. The van der Waals surface area contributed by atoms with Gasteiger partial charge in [0, 0.05) is 11.6 Å². The van der Waals surface area contributed by atoms with Gasteiger partial charge in [-0.05, 0) is 31.2 Å². The molecule has 3 rings (SSSR count). The van der Waals surface area contributed by atoms with Crippen molar-refractivity contribution < 1.29 is 10.2 Å². The molecule has 0 aliphatic heterocycles. The molecule has 6 heteroatoms. The molecule has 0 fully saturated rings. The molecule has 0 bridgehead atoms. The van der Waals surface area contributed by atoms with E-state index < -0.39 is 0 Å². The molecular weight excluding hydrogens is 316 g/mol.